The number of nitrogens with zero attached hydrogens (tertiary/aromatic N) is 3. The molecule has 2 aromatic rings. The van der Waals surface area contributed by atoms with Crippen molar-refractivity contribution in [2.45, 2.75) is 20.8 Å². The van der Waals surface area contributed by atoms with E-state index >= 15 is 0 Å². The number of benzene rings is 1. The molecule has 80 valence electrons. The van der Waals surface area contributed by atoms with Gasteiger partial charge in [0, 0.05) is 11.3 Å². The molecule has 0 aliphatic heterocycles. The summed E-state index contributed by atoms with van der Waals surface area (Å²) < 4.78 is 0. The maximum atomic E-state index is 5.68. The fourth-order valence-corrected chi connectivity index (χ4v) is 1.10. The van der Waals surface area contributed by atoms with Crippen LogP contribution in [0.15, 0.2) is 18.2 Å². The number of aromatic nitrogens is 4. The van der Waals surface area contributed by atoms with Gasteiger partial charge in [-0.05, 0) is 35.9 Å². The van der Waals surface area contributed by atoms with Gasteiger partial charge in [-0.3, -0.25) is 0 Å². The predicted octanol–water partition coefficient (Wildman–Crippen LogP) is 1.78. The normalized spacial score (nSPS) is 9.27. The summed E-state index contributed by atoms with van der Waals surface area (Å²) in [6.45, 7) is 5.94. The molecule has 0 atom stereocenters. The number of rotatable bonds is 1. The van der Waals surface area contributed by atoms with Crippen LogP contribution in [0, 0.1) is 6.92 Å². The Hall–Kier alpha value is -1.91. The molecule has 0 radical (unpaired) electrons. The molecule has 0 amide bonds. The number of nitrogens with one attached hydrogen (secondary N) is 1. The third-order valence-electron chi connectivity index (χ3n) is 1.87. The van der Waals surface area contributed by atoms with Gasteiger partial charge in [-0.15, -0.1) is 10.2 Å². The van der Waals surface area contributed by atoms with Crippen molar-refractivity contribution in [2.75, 3.05) is 5.73 Å². The van der Waals surface area contributed by atoms with Crippen LogP contribution in [0.2, 0.25) is 0 Å². The van der Waals surface area contributed by atoms with Crippen molar-refractivity contribution in [1.82, 2.24) is 20.6 Å². The lowest BCUT2D eigenvalue weighted by atomic mass is 10.1. The van der Waals surface area contributed by atoms with Gasteiger partial charge in [0.25, 0.3) is 0 Å². The average molecular weight is 205 g/mol. The summed E-state index contributed by atoms with van der Waals surface area (Å²) in [6.07, 6.45) is 0. The quantitative estimate of drug-likeness (QED) is 0.695. The zero-order valence-corrected chi connectivity index (χ0v) is 9.15. The van der Waals surface area contributed by atoms with Crippen molar-refractivity contribution in [3.63, 3.8) is 0 Å². The highest BCUT2D eigenvalue weighted by molar-refractivity contribution is 5.61. The molecule has 0 spiro atoms. The van der Waals surface area contributed by atoms with Crippen molar-refractivity contribution in [3.8, 4) is 11.4 Å². The molecule has 5 heteroatoms. The van der Waals surface area contributed by atoms with Crippen molar-refractivity contribution >= 4 is 5.69 Å². The van der Waals surface area contributed by atoms with Crippen LogP contribution in [0.25, 0.3) is 11.4 Å². The lowest BCUT2D eigenvalue weighted by molar-refractivity contribution is 0.881. The van der Waals surface area contributed by atoms with Gasteiger partial charge < -0.3 is 5.73 Å². The predicted molar refractivity (Wildman–Crippen MR) is 60.1 cm³/mol. The average Bonchev–Trinajstić information content (AvgIpc) is 2.78. The first kappa shape index (κ1) is 11.2. The molecule has 0 aliphatic rings. The summed E-state index contributed by atoms with van der Waals surface area (Å²) in [6, 6.07) is 5.63. The van der Waals surface area contributed by atoms with Crippen LogP contribution in [0.4, 0.5) is 5.69 Å². The summed E-state index contributed by atoms with van der Waals surface area (Å²) in [5.74, 6) is 0.586. The minimum atomic E-state index is 0.586. The highest BCUT2D eigenvalue weighted by atomic mass is 15.5. The molecule has 1 aromatic heterocycles. The van der Waals surface area contributed by atoms with E-state index < -0.39 is 0 Å². The third-order valence-corrected chi connectivity index (χ3v) is 1.87. The Morgan fingerprint density at radius 3 is 2.53 bits per heavy atom. The summed E-state index contributed by atoms with van der Waals surface area (Å²) in [4.78, 5) is 0. The van der Waals surface area contributed by atoms with Crippen LogP contribution in [0.1, 0.15) is 19.4 Å². The molecule has 15 heavy (non-hydrogen) atoms. The Bertz CT molecular complexity index is 408. The fraction of sp³-hybridized carbons (Fsp3) is 0.300. The van der Waals surface area contributed by atoms with E-state index in [9.17, 15) is 0 Å². The number of H-pyrrole nitrogens is 1. The molecule has 0 fully saturated rings. The van der Waals surface area contributed by atoms with Gasteiger partial charge >= 0.3 is 0 Å². The van der Waals surface area contributed by atoms with Crippen molar-refractivity contribution < 1.29 is 0 Å². The Balaban J connectivity index is 0.000000531. The lowest BCUT2D eigenvalue weighted by Crippen LogP contribution is -1.90. The molecule has 0 bridgehead atoms. The smallest absolute Gasteiger partial charge is 0.204 e. The van der Waals surface area contributed by atoms with Gasteiger partial charge in [-0.2, -0.15) is 5.21 Å². The van der Waals surface area contributed by atoms with Gasteiger partial charge in [-0.25, -0.2) is 0 Å². The first-order chi connectivity index (χ1) is 7.27. The zero-order valence-electron chi connectivity index (χ0n) is 9.15. The SMILES string of the molecule is CC.Cc1cc(-c2nn[nH]n2)ccc1N. The molecule has 0 aliphatic carbocycles. The van der Waals surface area contributed by atoms with Crippen LogP contribution in [-0.4, -0.2) is 20.6 Å². The Morgan fingerprint density at radius 1 is 1.27 bits per heavy atom. The van der Waals surface area contributed by atoms with Crippen LogP contribution in [-0.2, 0) is 0 Å². The molecule has 1 aromatic carbocycles. The number of tetrazole rings is 1. The maximum absolute atomic E-state index is 5.68. The van der Waals surface area contributed by atoms with Gasteiger partial charge in [0.05, 0.1) is 0 Å². The largest absolute Gasteiger partial charge is 0.399 e. The van der Waals surface area contributed by atoms with Gasteiger partial charge in [0.2, 0.25) is 5.82 Å². The minimum Gasteiger partial charge on any atom is -0.399 e. The number of aryl methyl sites for hydroxylation is 1. The number of aromatic amines is 1. The molecule has 5 nitrogen and oxygen atoms in total. The molecule has 0 unspecified atom stereocenters. The zero-order chi connectivity index (χ0) is 11.3. The topological polar surface area (TPSA) is 80.5 Å². The highest BCUT2D eigenvalue weighted by Crippen LogP contribution is 2.18. The second-order valence-corrected chi connectivity index (χ2v) is 2.81. The van der Waals surface area contributed by atoms with Gasteiger partial charge in [0.1, 0.15) is 0 Å². The Kier molecular flexibility index (Phi) is 3.79. The van der Waals surface area contributed by atoms with Gasteiger partial charge in [-0.1, -0.05) is 13.8 Å². The van der Waals surface area contributed by atoms with E-state index in [4.69, 9.17) is 5.73 Å². The monoisotopic (exact) mass is 205 g/mol. The second-order valence-electron chi connectivity index (χ2n) is 2.81. The molecule has 1 heterocycles. The molecular formula is C10H15N5. The van der Waals surface area contributed by atoms with Crippen molar-refractivity contribution in [2.24, 2.45) is 0 Å². The van der Waals surface area contributed by atoms with E-state index in [1.165, 1.54) is 0 Å². The summed E-state index contributed by atoms with van der Waals surface area (Å²) in [5.41, 5.74) is 8.38. The number of nitrogen functional groups attached to an aromatic ring is 1. The maximum Gasteiger partial charge on any atom is 0.204 e. The molecule has 3 N–H and O–H groups in total. The first-order valence-corrected chi connectivity index (χ1v) is 4.87. The van der Waals surface area contributed by atoms with Crippen LogP contribution in [0.5, 0.6) is 0 Å². The molecule has 0 saturated heterocycles. The Labute approximate surface area is 88.7 Å². The number of nitrogens with two attached hydrogens (primary N) is 1. The number of hydrogen-bond donors (Lipinski definition) is 2. The minimum absolute atomic E-state index is 0.586. The fourth-order valence-electron chi connectivity index (χ4n) is 1.10. The van der Waals surface area contributed by atoms with Crippen LogP contribution in [0.3, 0.4) is 0 Å². The molecular weight excluding hydrogens is 190 g/mol. The standard InChI is InChI=1S/C8H9N5.C2H6/c1-5-4-6(2-3-7(5)9)8-10-12-13-11-8;1-2/h2-4H,9H2,1H3,(H,10,11,12,13);1-2H3. The van der Waals surface area contributed by atoms with Crippen molar-refractivity contribution in [1.29, 1.82) is 0 Å². The van der Waals surface area contributed by atoms with Gasteiger partial charge in [0.15, 0.2) is 0 Å². The van der Waals surface area contributed by atoms with E-state index in [1.54, 1.807) is 0 Å². The van der Waals surface area contributed by atoms with Crippen LogP contribution >= 0.6 is 0 Å². The third kappa shape index (κ3) is 2.52. The Morgan fingerprint density at radius 2 is 2.00 bits per heavy atom. The second kappa shape index (κ2) is 5.09. The van der Waals surface area contributed by atoms with Crippen molar-refractivity contribution in [3.05, 3.63) is 23.8 Å². The van der Waals surface area contributed by atoms with E-state index in [0.717, 1.165) is 16.8 Å². The first-order valence-electron chi connectivity index (χ1n) is 4.87. The van der Waals surface area contributed by atoms with E-state index in [0.29, 0.717) is 5.82 Å². The molecule has 2 rings (SSSR count). The summed E-state index contributed by atoms with van der Waals surface area (Å²) in [5, 5.41) is 13.6. The van der Waals surface area contributed by atoms with E-state index in [-0.39, 0.29) is 0 Å². The van der Waals surface area contributed by atoms with E-state index in [1.807, 2.05) is 39.0 Å². The summed E-state index contributed by atoms with van der Waals surface area (Å²) in [7, 11) is 0. The number of anilines is 1. The molecule has 0 saturated carbocycles. The number of hydrogen-bond acceptors (Lipinski definition) is 4. The highest BCUT2D eigenvalue weighted by Gasteiger charge is 2.03. The van der Waals surface area contributed by atoms with E-state index in [2.05, 4.69) is 20.6 Å². The van der Waals surface area contributed by atoms with Crippen LogP contribution < -0.4 is 5.73 Å². The summed E-state index contributed by atoms with van der Waals surface area (Å²) >= 11 is 0. The lowest BCUT2D eigenvalue weighted by Gasteiger charge is -2.00.